The number of amides is 6. The summed E-state index contributed by atoms with van der Waals surface area (Å²) < 4.78 is 37.0. The van der Waals surface area contributed by atoms with Crippen molar-refractivity contribution in [1.82, 2.24) is 64.2 Å². The number of carbonyl (C=O) groups is 3. The maximum atomic E-state index is 14.3. The first kappa shape index (κ1) is 85.9. The lowest BCUT2D eigenvalue weighted by molar-refractivity contribution is 0.251. The van der Waals surface area contributed by atoms with Gasteiger partial charge in [0.1, 0.15) is 34.5 Å². The first-order valence-corrected chi connectivity index (χ1v) is 40.5. The molecule has 0 radical (unpaired) electrons. The van der Waals surface area contributed by atoms with Crippen molar-refractivity contribution in [3.8, 4) is 34.5 Å². The Balaban J connectivity index is 0.000000151. The Labute approximate surface area is 724 Å². The van der Waals surface area contributed by atoms with E-state index in [2.05, 4.69) is 79.9 Å². The third kappa shape index (κ3) is 19.0. The van der Waals surface area contributed by atoms with E-state index < -0.39 is 0 Å². The molecule has 0 unspecified atom stereocenters. The molecular weight excluding hydrogens is 1610 g/mol. The minimum Gasteiger partial charge on any atom is -0.497 e. The van der Waals surface area contributed by atoms with E-state index in [1.165, 1.54) is 10.6 Å². The standard InChI is InChI=1S/C32H34ClN7O3.C29H34N8O3.C28H31ClN8O3/c1-21-6-5-7-26(33)29(21)39-20-22-19-34-31(35-23-8-10-24(11-9-23)38-16-14-37(2)15-17-38)36-30(22)40(32(39)41)27-13-12-25(42-3)18-28(27)43-4;1-19-8-7-9-20(2)26(19)36-17-21-15-30-28(32-22-16-31-35(18-22)13-12-34(3)4)33-27(21)37(29(36)38)24-11-10-23(39-5)14-25(24)40-6;1-18-7-6-8-22(29)25(18)36-16-19-14-30-27(32-20-15-31-35(17-20)12-11-34(2)3)33-26(19)37(28(36)38)23-10-9-21(39-4)13-24(23)40-5/h5-13,18-19H,14-17,20H2,1-4H3,(H,34,35,36);7-11,14-16,18H,12-13,17H2,1-6H3,(H,30,32,33);6-10,13-15,17H,11-12,16H2,1-5H3,(H,30,32,33). The molecule has 1 fully saturated rings. The number of likely N-dealkylation sites (N-methyl/N-ethyl adjacent to an activating group) is 3. The number of rotatable bonds is 25. The molecule has 0 bridgehead atoms. The summed E-state index contributed by atoms with van der Waals surface area (Å²) in [5, 5.41) is 19.5. The van der Waals surface area contributed by atoms with Gasteiger partial charge in [-0.3, -0.25) is 24.1 Å². The SMILES string of the molecule is COc1ccc(N2C(=O)N(c3c(C)cccc3C)Cc3cnc(Nc4cnn(CCN(C)C)c4)nc32)c(OC)c1.COc1ccc(N2C(=O)N(c3c(C)cccc3Cl)Cc3cnc(Nc4ccc(N5CCN(C)CC5)cc4)nc32)c(OC)c1.COc1ccc(N2C(=O)N(c3c(C)cccc3Cl)Cc3cnc(Nc4cnn(CCN(C)C)c4)nc32)c(OC)c1. The van der Waals surface area contributed by atoms with Gasteiger partial charge in [-0.25, -0.2) is 44.0 Å². The van der Waals surface area contributed by atoms with E-state index in [0.29, 0.717) is 115 Å². The highest BCUT2D eigenvalue weighted by Gasteiger charge is 2.41. The normalized spacial score (nSPS) is 13.8. The molecule has 123 heavy (non-hydrogen) atoms. The number of urea groups is 3. The van der Waals surface area contributed by atoms with Gasteiger partial charge in [0.25, 0.3) is 0 Å². The Morgan fingerprint density at radius 2 is 0.748 bits per heavy atom. The van der Waals surface area contributed by atoms with E-state index in [-0.39, 0.29) is 31.2 Å². The average molecular weight is 1710 g/mol. The summed E-state index contributed by atoms with van der Waals surface area (Å²) >= 11 is 13.2. The molecule has 4 aliphatic rings. The molecule has 9 heterocycles. The molecule has 0 saturated carbocycles. The maximum Gasteiger partial charge on any atom is 0.335 e. The molecule has 638 valence electrons. The van der Waals surface area contributed by atoms with Gasteiger partial charge in [-0.05, 0) is 158 Å². The van der Waals surface area contributed by atoms with Crippen LogP contribution in [0.5, 0.6) is 34.5 Å². The molecule has 4 aliphatic heterocycles. The summed E-state index contributed by atoms with van der Waals surface area (Å²) in [7, 11) is 19.7. The van der Waals surface area contributed by atoms with Crippen molar-refractivity contribution in [3.05, 3.63) is 226 Å². The van der Waals surface area contributed by atoms with Crippen LogP contribution in [0, 0.1) is 27.7 Å². The number of nitrogens with zero attached hydrogens (tertiary/aromatic N) is 20. The maximum absolute atomic E-state index is 14.3. The molecule has 0 atom stereocenters. The van der Waals surface area contributed by atoms with Gasteiger partial charge in [-0.1, -0.05) is 65.7 Å². The van der Waals surface area contributed by atoms with Crippen LogP contribution >= 0.6 is 23.2 Å². The third-order valence-electron chi connectivity index (χ3n) is 21.2. The van der Waals surface area contributed by atoms with Crippen molar-refractivity contribution >= 4 is 133 Å². The quantitative estimate of drug-likeness (QED) is 0.0479. The number of nitrogens with one attached hydrogen (secondary N) is 3. The van der Waals surface area contributed by atoms with Gasteiger partial charge in [-0.15, -0.1) is 0 Å². The zero-order chi connectivity index (χ0) is 86.9. The number of ether oxygens (including phenoxy) is 6. The molecule has 12 aromatic rings. The van der Waals surface area contributed by atoms with Crippen molar-refractivity contribution in [3.63, 3.8) is 0 Å². The Morgan fingerprint density at radius 3 is 1.09 bits per heavy atom. The number of para-hydroxylation sites is 3. The van der Waals surface area contributed by atoms with Gasteiger partial charge in [0, 0.05) is 117 Å². The number of fused-ring (bicyclic) bond motifs is 3. The van der Waals surface area contributed by atoms with E-state index in [4.69, 9.17) is 66.6 Å². The fourth-order valence-corrected chi connectivity index (χ4v) is 15.4. The number of carbonyl (C=O) groups excluding carboxylic acids is 3. The second-order valence-corrected chi connectivity index (χ2v) is 31.0. The lowest BCUT2D eigenvalue weighted by Crippen LogP contribution is -2.46. The smallest absolute Gasteiger partial charge is 0.335 e. The molecule has 16 rings (SSSR count). The zero-order valence-electron chi connectivity index (χ0n) is 71.4. The summed E-state index contributed by atoms with van der Waals surface area (Å²) in [5.74, 6) is 5.66. The number of piperazine rings is 1. The second-order valence-electron chi connectivity index (χ2n) is 30.2. The number of aromatic nitrogens is 10. The van der Waals surface area contributed by atoms with Crippen LogP contribution in [-0.4, -0.2) is 199 Å². The largest absolute Gasteiger partial charge is 0.497 e. The molecule has 7 aromatic carbocycles. The lowest BCUT2D eigenvalue weighted by Gasteiger charge is -2.37. The van der Waals surface area contributed by atoms with E-state index >= 15 is 0 Å². The van der Waals surface area contributed by atoms with Crippen LogP contribution in [0.25, 0.3) is 0 Å². The van der Waals surface area contributed by atoms with Crippen LogP contribution < -0.4 is 78.7 Å². The van der Waals surface area contributed by atoms with Crippen molar-refractivity contribution in [1.29, 1.82) is 0 Å². The van der Waals surface area contributed by atoms with Gasteiger partial charge < -0.3 is 64.0 Å². The van der Waals surface area contributed by atoms with Gasteiger partial charge in [-0.2, -0.15) is 25.1 Å². The van der Waals surface area contributed by atoms with Crippen LogP contribution in [-0.2, 0) is 32.7 Å². The molecule has 0 aliphatic carbocycles. The predicted molar refractivity (Wildman–Crippen MR) is 482 cm³/mol. The van der Waals surface area contributed by atoms with Crippen LogP contribution in [0.3, 0.4) is 0 Å². The fourth-order valence-electron chi connectivity index (χ4n) is 14.8. The number of hydrogen-bond acceptors (Lipinski definition) is 24. The molecular formula is C89H99Cl2N23O9. The highest BCUT2D eigenvalue weighted by molar-refractivity contribution is 6.35. The van der Waals surface area contributed by atoms with Gasteiger partial charge >= 0.3 is 18.1 Å². The summed E-state index contributed by atoms with van der Waals surface area (Å²) in [6, 6.07) is 40.4. The number of hydrogen-bond donors (Lipinski definition) is 3. The fraction of sp³-hybridized carbons (Fsp3) is 0.292. The van der Waals surface area contributed by atoms with Crippen LogP contribution in [0.2, 0.25) is 10.0 Å². The molecule has 6 amide bonds. The van der Waals surface area contributed by atoms with Crippen LogP contribution in [0.1, 0.15) is 38.9 Å². The summed E-state index contributed by atoms with van der Waals surface area (Å²) in [6.07, 6.45) is 12.5. The van der Waals surface area contributed by atoms with E-state index in [1.54, 1.807) is 165 Å². The Kier molecular flexibility index (Phi) is 26.6. The number of anilines is 16. The molecule has 3 N–H and O–H groups in total. The van der Waals surface area contributed by atoms with Gasteiger partial charge in [0.2, 0.25) is 17.8 Å². The second kappa shape index (κ2) is 38.0. The van der Waals surface area contributed by atoms with Gasteiger partial charge in [0.15, 0.2) is 17.5 Å². The van der Waals surface area contributed by atoms with Crippen LogP contribution in [0.15, 0.2) is 177 Å². The summed E-state index contributed by atoms with van der Waals surface area (Å²) in [5.41, 5.74) is 13.3. The van der Waals surface area contributed by atoms with Crippen molar-refractivity contribution in [2.45, 2.75) is 60.4 Å². The van der Waals surface area contributed by atoms with Gasteiger partial charge in [0.05, 0.1) is 143 Å². The average Bonchev–Trinajstić information content (AvgIpc) is 1.02. The Hall–Kier alpha value is -13.5. The topological polar surface area (TPSA) is 288 Å². The van der Waals surface area contributed by atoms with Crippen molar-refractivity contribution in [2.75, 3.05) is 167 Å². The van der Waals surface area contributed by atoms with Crippen LogP contribution in [0.4, 0.5) is 107 Å². The number of methoxy groups -OCH3 is 6. The number of aryl methyl sites for hydroxylation is 4. The Bertz CT molecular complexity index is 5540. The minimum absolute atomic E-state index is 0.241. The number of halogens is 2. The summed E-state index contributed by atoms with van der Waals surface area (Å²) in [6.45, 7) is 16.0. The molecule has 34 heteroatoms. The molecule has 0 spiro atoms. The Morgan fingerprint density at radius 1 is 0.407 bits per heavy atom. The van der Waals surface area contributed by atoms with E-state index in [0.717, 1.165) is 114 Å². The summed E-state index contributed by atoms with van der Waals surface area (Å²) in [4.78, 5) is 89.6. The molecule has 32 nitrogen and oxygen atoms in total. The predicted octanol–water partition coefficient (Wildman–Crippen LogP) is 16.4. The van der Waals surface area contributed by atoms with E-state index in [1.807, 2.05) is 132 Å². The minimum atomic E-state index is -0.326. The monoisotopic (exact) mass is 1700 g/mol. The first-order chi connectivity index (χ1) is 59.4. The number of benzene rings is 7. The third-order valence-corrected chi connectivity index (χ3v) is 21.9. The lowest BCUT2D eigenvalue weighted by atomic mass is 10.1. The van der Waals surface area contributed by atoms with E-state index in [9.17, 15) is 14.4 Å². The molecule has 1 saturated heterocycles. The highest BCUT2D eigenvalue weighted by Crippen LogP contribution is 2.48. The zero-order valence-corrected chi connectivity index (χ0v) is 72.9. The first-order valence-electron chi connectivity index (χ1n) is 39.8. The molecule has 5 aromatic heterocycles. The van der Waals surface area contributed by atoms with Crippen molar-refractivity contribution < 1.29 is 42.8 Å². The highest BCUT2D eigenvalue weighted by atomic mass is 35.5. The van der Waals surface area contributed by atoms with Crippen molar-refractivity contribution in [2.24, 2.45) is 0 Å².